The molecule has 4 nitrogen and oxygen atoms in total. The van der Waals surface area contributed by atoms with Crippen molar-refractivity contribution in [3.63, 3.8) is 0 Å². The fourth-order valence-electron chi connectivity index (χ4n) is 8.19. The van der Waals surface area contributed by atoms with Crippen LogP contribution in [0.5, 0.6) is 0 Å². The number of aliphatic hydroxyl groups excluding tert-OH is 2. The van der Waals surface area contributed by atoms with E-state index in [-0.39, 0.29) is 12.5 Å². The Labute approximate surface area is 375 Å². The van der Waals surface area contributed by atoms with Crippen LogP contribution in [-0.2, 0) is 4.79 Å². The van der Waals surface area contributed by atoms with E-state index in [1.165, 1.54) is 225 Å². The van der Waals surface area contributed by atoms with Gasteiger partial charge in [0.2, 0.25) is 5.91 Å². The van der Waals surface area contributed by atoms with E-state index in [9.17, 15) is 15.0 Å². The summed E-state index contributed by atoms with van der Waals surface area (Å²) >= 11 is 0. The van der Waals surface area contributed by atoms with Crippen molar-refractivity contribution < 1.29 is 15.0 Å². The van der Waals surface area contributed by atoms with E-state index < -0.39 is 12.1 Å². The summed E-state index contributed by atoms with van der Waals surface area (Å²) < 4.78 is 0. The van der Waals surface area contributed by atoms with Crippen LogP contribution in [0.2, 0.25) is 0 Å². The van der Waals surface area contributed by atoms with Crippen LogP contribution >= 0.6 is 0 Å². The molecule has 0 heterocycles. The zero-order valence-corrected chi connectivity index (χ0v) is 40.5. The van der Waals surface area contributed by atoms with Gasteiger partial charge in [0.25, 0.3) is 0 Å². The number of allylic oxidation sites excluding steroid dienone is 7. The van der Waals surface area contributed by atoms with E-state index in [1.807, 2.05) is 6.08 Å². The Kier molecular flexibility index (Phi) is 50.3. The number of aliphatic hydroxyl groups is 2. The summed E-state index contributed by atoms with van der Waals surface area (Å²) in [5, 5.41) is 23.2. The van der Waals surface area contributed by atoms with Crippen LogP contribution in [0, 0.1) is 0 Å². The lowest BCUT2D eigenvalue weighted by atomic mass is 10.0. The standard InChI is InChI=1S/C56H105NO3/c1-3-5-7-9-11-13-15-17-19-21-23-25-27-28-30-31-33-35-37-39-41-43-45-47-49-51-55(59)54(53-58)57-56(60)52-50-48-46-44-42-40-38-36-34-32-29-26-24-22-20-18-16-14-12-10-8-6-4-2/h16,18,22,24,29,32,49,51,54-55,58-59H,3-15,17,19-21,23,25-28,30-31,33-48,50,52-53H2,1-2H3,(H,57,60)/b18-16-,24-22-,32-29-,51-49+. The first-order valence-electron chi connectivity index (χ1n) is 26.9. The fraction of sp³-hybridized carbons (Fsp3) is 0.839. The van der Waals surface area contributed by atoms with Crippen LogP contribution in [0.25, 0.3) is 0 Å². The van der Waals surface area contributed by atoms with Crippen molar-refractivity contribution in [2.75, 3.05) is 6.61 Å². The van der Waals surface area contributed by atoms with E-state index in [1.54, 1.807) is 6.08 Å². The molecule has 0 fully saturated rings. The van der Waals surface area contributed by atoms with Crippen LogP contribution in [0.4, 0.5) is 0 Å². The van der Waals surface area contributed by atoms with E-state index in [2.05, 4.69) is 55.6 Å². The molecule has 0 aromatic heterocycles. The third-order valence-corrected chi connectivity index (χ3v) is 12.3. The van der Waals surface area contributed by atoms with Gasteiger partial charge in [0.1, 0.15) is 0 Å². The van der Waals surface area contributed by atoms with Gasteiger partial charge in [0.05, 0.1) is 18.8 Å². The van der Waals surface area contributed by atoms with Crippen LogP contribution in [0.3, 0.4) is 0 Å². The zero-order chi connectivity index (χ0) is 43.5. The first kappa shape index (κ1) is 58.4. The first-order chi connectivity index (χ1) is 29.7. The van der Waals surface area contributed by atoms with Crippen molar-refractivity contribution in [2.24, 2.45) is 0 Å². The van der Waals surface area contributed by atoms with Crippen molar-refractivity contribution in [2.45, 2.75) is 296 Å². The summed E-state index contributed by atoms with van der Waals surface area (Å²) in [5.41, 5.74) is 0. The molecule has 0 spiro atoms. The normalized spacial score (nSPS) is 13.2. The molecule has 0 aliphatic heterocycles. The lowest BCUT2D eigenvalue weighted by Crippen LogP contribution is -2.45. The maximum Gasteiger partial charge on any atom is 0.220 e. The maximum atomic E-state index is 12.5. The van der Waals surface area contributed by atoms with E-state index in [4.69, 9.17) is 0 Å². The molecular formula is C56H105NO3. The van der Waals surface area contributed by atoms with E-state index in [0.29, 0.717) is 6.42 Å². The molecule has 4 heteroatoms. The van der Waals surface area contributed by atoms with Gasteiger partial charge >= 0.3 is 0 Å². The lowest BCUT2D eigenvalue weighted by Gasteiger charge is -2.20. The number of carbonyl (C=O) groups is 1. The fourth-order valence-corrected chi connectivity index (χ4v) is 8.19. The summed E-state index contributed by atoms with van der Waals surface area (Å²) in [5.74, 6) is -0.0693. The van der Waals surface area contributed by atoms with Crippen LogP contribution in [0.1, 0.15) is 284 Å². The predicted octanol–water partition coefficient (Wildman–Crippen LogP) is 17.5. The molecule has 352 valence electrons. The van der Waals surface area contributed by atoms with Gasteiger partial charge in [-0.05, 0) is 57.8 Å². The third kappa shape index (κ3) is 47.4. The molecule has 0 aliphatic rings. The van der Waals surface area contributed by atoms with Gasteiger partial charge in [0.15, 0.2) is 0 Å². The Bertz CT molecular complexity index is 954. The van der Waals surface area contributed by atoms with Gasteiger partial charge in [-0.15, -0.1) is 0 Å². The molecule has 0 radical (unpaired) electrons. The van der Waals surface area contributed by atoms with Gasteiger partial charge in [-0.3, -0.25) is 4.79 Å². The first-order valence-corrected chi connectivity index (χ1v) is 26.9. The molecule has 60 heavy (non-hydrogen) atoms. The second kappa shape index (κ2) is 51.7. The second-order valence-electron chi connectivity index (χ2n) is 18.3. The molecule has 2 atom stereocenters. The van der Waals surface area contributed by atoms with Gasteiger partial charge in [-0.25, -0.2) is 0 Å². The van der Waals surface area contributed by atoms with Crippen molar-refractivity contribution in [3.8, 4) is 0 Å². The Morgan fingerprint density at radius 3 is 1.02 bits per heavy atom. The summed E-state index contributed by atoms with van der Waals surface area (Å²) in [6, 6.07) is -0.628. The highest BCUT2D eigenvalue weighted by Crippen LogP contribution is 2.16. The van der Waals surface area contributed by atoms with Crippen LogP contribution in [0.15, 0.2) is 48.6 Å². The van der Waals surface area contributed by atoms with Crippen molar-refractivity contribution >= 4 is 5.91 Å². The molecule has 1 amide bonds. The number of nitrogens with one attached hydrogen (secondary N) is 1. The van der Waals surface area contributed by atoms with Gasteiger partial charge in [-0.1, -0.05) is 268 Å². The topological polar surface area (TPSA) is 69.6 Å². The largest absolute Gasteiger partial charge is 0.394 e. The zero-order valence-electron chi connectivity index (χ0n) is 40.5. The molecule has 0 bridgehead atoms. The molecule has 0 aliphatic carbocycles. The molecule has 0 rings (SSSR count). The number of amides is 1. The van der Waals surface area contributed by atoms with Crippen LogP contribution in [-0.4, -0.2) is 34.9 Å². The monoisotopic (exact) mass is 840 g/mol. The Morgan fingerprint density at radius 1 is 0.400 bits per heavy atom. The highest BCUT2D eigenvalue weighted by molar-refractivity contribution is 5.76. The Balaban J connectivity index is 3.53. The Morgan fingerprint density at radius 2 is 0.683 bits per heavy atom. The number of carbonyl (C=O) groups excluding carboxylic acids is 1. The predicted molar refractivity (Wildman–Crippen MR) is 267 cm³/mol. The summed E-state index contributed by atoms with van der Waals surface area (Å²) in [4.78, 5) is 12.5. The van der Waals surface area contributed by atoms with E-state index >= 15 is 0 Å². The van der Waals surface area contributed by atoms with Gasteiger partial charge in [-0.2, -0.15) is 0 Å². The molecule has 0 aromatic carbocycles. The minimum Gasteiger partial charge on any atom is -0.394 e. The number of hydrogen-bond acceptors (Lipinski definition) is 3. The highest BCUT2D eigenvalue weighted by atomic mass is 16.3. The molecule has 0 saturated heterocycles. The Hall–Kier alpha value is -1.65. The number of hydrogen-bond donors (Lipinski definition) is 3. The average molecular weight is 840 g/mol. The third-order valence-electron chi connectivity index (χ3n) is 12.3. The van der Waals surface area contributed by atoms with Crippen molar-refractivity contribution in [3.05, 3.63) is 48.6 Å². The minimum atomic E-state index is -0.845. The van der Waals surface area contributed by atoms with Crippen LogP contribution < -0.4 is 5.32 Å². The SMILES string of the molecule is CCCCCCC/C=C\C/C=C\C/C=C\CCCCCCCCCCC(=O)NC(CO)C(O)/C=C/CCCCCCCCCCCCCCCCCCCCCCCCC. The summed E-state index contributed by atoms with van der Waals surface area (Å²) in [7, 11) is 0. The second-order valence-corrected chi connectivity index (χ2v) is 18.3. The quantitative estimate of drug-likeness (QED) is 0.0422. The molecular weight excluding hydrogens is 735 g/mol. The van der Waals surface area contributed by atoms with E-state index in [0.717, 1.165) is 38.5 Å². The molecule has 3 N–H and O–H groups in total. The molecule has 0 saturated carbocycles. The van der Waals surface area contributed by atoms with Gasteiger partial charge in [0, 0.05) is 6.42 Å². The van der Waals surface area contributed by atoms with Gasteiger partial charge < -0.3 is 15.5 Å². The smallest absolute Gasteiger partial charge is 0.220 e. The average Bonchev–Trinajstić information content (AvgIpc) is 3.25. The van der Waals surface area contributed by atoms with Crippen molar-refractivity contribution in [1.82, 2.24) is 5.32 Å². The summed E-state index contributed by atoms with van der Waals surface area (Å²) in [6.07, 6.45) is 71.1. The highest BCUT2D eigenvalue weighted by Gasteiger charge is 2.18. The molecule has 0 aromatic rings. The van der Waals surface area contributed by atoms with Crippen molar-refractivity contribution in [1.29, 1.82) is 0 Å². The number of unbranched alkanes of at least 4 members (excludes halogenated alkanes) is 36. The minimum absolute atomic E-state index is 0.0693. The summed E-state index contributed by atoms with van der Waals surface area (Å²) in [6.45, 7) is 4.32. The number of rotatable bonds is 49. The molecule has 2 unspecified atom stereocenters. The lowest BCUT2D eigenvalue weighted by molar-refractivity contribution is -0.123. The maximum absolute atomic E-state index is 12.5.